The van der Waals surface area contributed by atoms with Gasteiger partial charge in [0.05, 0.1) is 23.6 Å². The summed E-state index contributed by atoms with van der Waals surface area (Å²) < 4.78 is 5.60. The van der Waals surface area contributed by atoms with Gasteiger partial charge in [0.15, 0.2) is 0 Å². The minimum Gasteiger partial charge on any atom is -0.492 e. The molecule has 166 valence electrons. The third-order valence-electron chi connectivity index (χ3n) is 4.42. The van der Waals surface area contributed by atoms with Crippen molar-refractivity contribution < 1.29 is 14.3 Å². The minimum atomic E-state index is -0.306. The van der Waals surface area contributed by atoms with E-state index in [4.69, 9.17) is 16.3 Å². The van der Waals surface area contributed by atoms with E-state index < -0.39 is 0 Å². The lowest BCUT2D eigenvalue weighted by Crippen LogP contribution is -2.18. The highest BCUT2D eigenvalue weighted by Crippen LogP contribution is 2.28. The van der Waals surface area contributed by atoms with Crippen LogP contribution in [-0.4, -0.2) is 29.2 Å². The Hall–Kier alpha value is -3.03. The van der Waals surface area contributed by atoms with Gasteiger partial charge in [0, 0.05) is 16.4 Å². The number of nitrogens with one attached hydrogen (secondary N) is 2. The predicted molar refractivity (Wildman–Crippen MR) is 130 cm³/mol. The van der Waals surface area contributed by atoms with Crippen LogP contribution in [0.25, 0.3) is 0 Å². The van der Waals surface area contributed by atoms with Crippen molar-refractivity contribution in [1.82, 2.24) is 4.98 Å². The first kappa shape index (κ1) is 23.6. The average Bonchev–Trinajstić information content (AvgIpc) is 2.73. The molecule has 0 saturated heterocycles. The number of carbonyl (C=O) groups excluding carboxylic acids is 2. The van der Waals surface area contributed by atoms with Crippen molar-refractivity contribution in [2.75, 3.05) is 23.0 Å². The summed E-state index contributed by atoms with van der Waals surface area (Å²) in [4.78, 5) is 30.1. The summed E-state index contributed by atoms with van der Waals surface area (Å²) >= 11 is 7.18. The zero-order chi connectivity index (χ0) is 23.1. The summed E-state index contributed by atoms with van der Waals surface area (Å²) in [5.74, 6) is 0.167. The number of hydrogen-bond donors (Lipinski definition) is 2. The molecule has 2 aromatic carbocycles. The smallest absolute Gasteiger partial charge is 0.258 e. The van der Waals surface area contributed by atoms with Crippen LogP contribution in [0, 0.1) is 13.8 Å². The second-order valence-corrected chi connectivity index (χ2v) is 8.39. The molecule has 0 saturated carbocycles. The highest BCUT2D eigenvalue weighted by atomic mass is 35.5. The number of carbonyl (C=O) groups is 2. The van der Waals surface area contributed by atoms with Crippen molar-refractivity contribution in [3.8, 4) is 5.75 Å². The molecule has 0 bridgehead atoms. The van der Waals surface area contributed by atoms with E-state index in [9.17, 15) is 9.59 Å². The second kappa shape index (κ2) is 11.0. The van der Waals surface area contributed by atoms with E-state index in [-0.39, 0.29) is 17.6 Å². The molecule has 1 heterocycles. The van der Waals surface area contributed by atoms with Crippen LogP contribution >= 0.6 is 23.4 Å². The van der Waals surface area contributed by atoms with Crippen LogP contribution in [0.1, 0.15) is 28.5 Å². The number of para-hydroxylation sites is 2. The van der Waals surface area contributed by atoms with E-state index in [0.29, 0.717) is 39.3 Å². The van der Waals surface area contributed by atoms with Crippen LogP contribution in [0.2, 0.25) is 5.02 Å². The lowest BCUT2D eigenvalue weighted by atomic mass is 10.1. The summed E-state index contributed by atoms with van der Waals surface area (Å²) in [6, 6.07) is 16.0. The predicted octanol–water partition coefficient (Wildman–Crippen LogP) is 5.73. The Balaban J connectivity index is 1.77. The first-order valence-corrected chi connectivity index (χ1v) is 11.4. The summed E-state index contributed by atoms with van der Waals surface area (Å²) in [5.41, 5.74) is 3.17. The van der Waals surface area contributed by atoms with Crippen molar-refractivity contribution >= 4 is 46.6 Å². The van der Waals surface area contributed by atoms with Gasteiger partial charge in [-0.05, 0) is 62.7 Å². The number of thioether (sulfide) groups is 1. The number of pyridine rings is 1. The number of rotatable bonds is 8. The van der Waals surface area contributed by atoms with Gasteiger partial charge in [0.25, 0.3) is 5.91 Å². The first-order valence-electron chi connectivity index (χ1n) is 10.1. The molecule has 0 aliphatic carbocycles. The highest BCUT2D eigenvalue weighted by molar-refractivity contribution is 8.00. The van der Waals surface area contributed by atoms with Gasteiger partial charge in [-0.1, -0.05) is 41.6 Å². The maximum atomic E-state index is 13.2. The van der Waals surface area contributed by atoms with Gasteiger partial charge in [-0.3, -0.25) is 9.59 Å². The third-order valence-corrected chi connectivity index (χ3v) is 5.63. The summed E-state index contributed by atoms with van der Waals surface area (Å²) in [5, 5.41) is 6.75. The fraction of sp³-hybridized carbons (Fsp3) is 0.208. The summed E-state index contributed by atoms with van der Waals surface area (Å²) in [7, 11) is 0. The van der Waals surface area contributed by atoms with E-state index in [2.05, 4.69) is 15.6 Å². The first-order chi connectivity index (χ1) is 15.4. The SMILES string of the molecule is CCOc1ccccc1NC(=O)c1c(C)cc(C)nc1SCC(=O)Nc1cccc(Cl)c1. The maximum Gasteiger partial charge on any atom is 0.258 e. The molecule has 6 nitrogen and oxygen atoms in total. The molecule has 0 radical (unpaired) electrons. The van der Waals surface area contributed by atoms with Crippen LogP contribution in [0.5, 0.6) is 5.75 Å². The number of nitrogens with zero attached hydrogens (tertiary/aromatic N) is 1. The quantitative estimate of drug-likeness (QED) is 0.411. The molecule has 0 fully saturated rings. The number of halogens is 1. The molecule has 8 heteroatoms. The molecule has 32 heavy (non-hydrogen) atoms. The Labute approximate surface area is 196 Å². The van der Waals surface area contributed by atoms with Crippen molar-refractivity contribution in [2.24, 2.45) is 0 Å². The third kappa shape index (κ3) is 6.24. The standard InChI is InChI=1S/C24H24ClN3O3S/c1-4-31-20-11-6-5-10-19(20)28-23(30)22-15(2)12-16(3)26-24(22)32-14-21(29)27-18-9-7-8-17(25)13-18/h5-13H,4,14H2,1-3H3,(H,27,29)(H,28,30). The average molecular weight is 470 g/mol. The fourth-order valence-electron chi connectivity index (χ4n) is 3.12. The van der Waals surface area contributed by atoms with Gasteiger partial charge in [0.2, 0.25) is 5.91 Å². The molecule has 0 aliphatic rings. The van der Waals surface area contributed by atoms with Gasteiger partial charge in [0.1, 0.15) is 10.8 Å². The zero-order valence-corrected chi connectivity index (χ0v) is 19.6. The number of aromatic nitrogens is 1. The number of amides is 2. The van der Waals surface area contributed by atoms with Gasteiger partial charge in [-0.25, -0.2) is 4.98 Å². The molecule has 3 rings (SSSR count). The van der Waals surface area contributed by atoms with Gasteiger partial charge >= 0.3 is 0 Å². The van der Waals surface area contributed by atoms with Crippen molar-refractivity contribution in [1.29, 1.82) is 0 Å². The van der Waals surface area contributed by atoms with Crippen molar-refractivity contribution in [2.45, 2.75) is 25.8 Å². The van der Waals surface area contributed by atoms with E-state index >= 15 is 0 Å². The molecule has 2 N–H and O–H groups in total. The van der Waals surface area contributed by atoms with E-state index in [1.807, 2.05) is 39.0 Å². The number of ether oxygens (including phenoxy) is 1. The second-order valence-electron chi connectivity index (χ2n) is 6.99. The lowest BCUT2D eigenvalue weighted by Gasteiger charge is -2.15. The molecule has 0 spiro atoms. The fourth-order valence-corrected chi connectivity index (χ4v) is 4.25. The Morgan fingerprint density at radius 3 is 2.59 bits per heavy atom. The Bertz CT molecular complexity index is 1140. The van der Waals surface area contributed by atoms with Crippen molar-refractivity contribution in [3.05, 3.63) is 76.4 Å². The highest BCUT2D eigenvalue weighted by Gasteiger charge is 2.19. The van der Waals surface area contributed by atoms with Crippen LogP contribution < -0.4 is 15.4 Å². The van der Waals surface area contributed by atoms with Crippen LogP contribution in [-0.2, 0) is 4.79 Å². The van der Waals surface area contributed by atoms with Crippen molar-refractivity contribution in [3.63, 3.8) is 0 Å². The zero-order valence-electron chi connectivity index (χ0n) is 18.1. The van der Waals surface area contributed by atoms with Crippen LogP contribution in [0.4, 0.5) is 11.4 Å². The Kier molecular flexibility index (Phi) is 8.14. The monoisotopic (exact) mass is 469 g/mol. The normalized spacial score (nSPS) is 10.5. The molecular weight excluding hydrogens is 446 g/mol. The van der Waals surface area contributed by atoms with E-state index in [1.54, 1.807) is 36.4 Å². The Morgan fingerprint density at radius 2 is 1.84 bits per heavy atom. The topological polar surface area (TPSA) is 80.3 Å². The molecule has 3 aromatic rings. The molecule has 0 unspecified atom stereocenters. The van der Waals surface area contributed by atoms with Crippen LogP contribution in [0.3, 0.4) is 0 Å². The maximum absolute atomic E-state index is 13.2. The number of aryl methyl sites for hydroxylation is 2. The summed E-state index contributed by atoms with van der Waals surface area (Å²) in [6.45, 7) is 6.08. The Morgan fingerprint density at radius 1 is 1.06 bits per heavy atom. The van der Waals surface area contributed by atoms with Gasteiger partial charge < -0.3 is 15.4 Å². The number of hydrogen-bond acceptors (Lipinski definition) is 5. The molecule has 0 aliphatic heterocycles. The molecule has 0 atom stereocenters. The van der Waals surface area contributed by atoms with E-state index in [0.717, 1.165) is 11.3 Å². The van der Waals surface area contributed by atoms with Gasteiger partial charge in [-0.2, -0.15) is 0 Å². The molecule has 1 aromatic heterocycles. The largest absolute Gasteiger partial charge is 0.492 e. The molecular formula is C24H24ClN3O3S. The van der Waals surface area contributed by atoms with Crippen LogP contribution in [0.15, 0.2) is 59.6 Å². The summed E-state index contributed by atoms with van der Waals surface area (Å²) in [6.07, 6.45) is 0. The number of anilines is 2. The van der Waals surface area contributed by atoms with E-state index in [1.165, 1.54) is 11.8 Å². The number of benzene rings is 2. The molecule has 2 amide bonds. The minimum absolute atomic E-state index is 0.0955. The lowest BCUT2D eigenvalue weighted by molar-refractivity contribution is -0.113. The van der Waals surface area contributed by atoms with Gasteiger partial charge in [-0.15, -0.1) is 0 Å².